The molecule has 9 heteroatoms. The Hall–Kier alpha value is -4.01. The summed E-state index contributed by atoms with van der Waals surface area (Å²) in [5.74, 6) is 0.704. The Balaban J connectivity index is 1.31. The molecule has 0 fully saturated rings. The largest absolute Gasteiger partial charge is 0.484 e. The average molecular weight is 378 g/mol. The van der Waals surface area contributed by atoms with Gasteiger partial charge in [-0.3, -0.25) is 9.78 Å². The van der Waals surface area contributed by atoms with Gasteiger partial charge in [-0.25, -0.2) is 4.79 Å². The van der Waals surface area contributed by atoms with Crippen LogP contribution in [-0.2, 0) is 11.3 Å². The van der Waals surface area contributed by atoms with Crippen LogP contribution in [0, 0.1) is 0 Å². The van der Waals surface area contributed by atoms with E-state index in [1.807, 2.05) is 0 Å². The quantitative estimate of drug-likeness (QED) is 0.505. The van der Waals surface area contributed by atoms with Crippen LogP contribution in [0.2, 0.25) is 0 Å². The molecule has 0 radical (unpaired) electrons. The number of carbonyl (C=O) groups is 1. The van der Waals surface area contributed by atoms with Gasteiger partial charge in [-0.1, -0.05) is 5.16 Å². The normalized spacial score (nSPS) is 10.7. The number of ether oxygens (including phenoxy) is 1. The number of hydrogen-bond acceptors (Lipinski definition) is 8. The molecule has 0 aliphatic carbocycles. The van der Waals surface area contributed by atoms with Crippen molar-refractivity contribution in [2.75, 3.05) is 6.61 Å². The third kappa shape index (κ3) is 4.04. The summed E-state index contributed by atoms with van der Waals surface area (Å²) in [6.07, 6.45) is 3.26. The summed E-state index contributed by atoms with van der Waals surface area (Å²) >= 11 is 0. The second kappa shape index (κ2) is 7.70. The van der Waals surface area contributed by atoms with Crippen LogP contribution in [0.4, 0.5) is 0 Å². The molecule has 0 saturated carbocycles. The summed E-state index contributed by atoms with van der Waals surface area (Å²) in [5.41, 5.74) is 0.655. The number of benzene rings is 1. The molecule has 1 amide bonds. The molecule has 140 valence electrons. The van der Waals surface area contributed by atoms with E-state index in [0.29, 0.717) is 17.2 Å². The predicted molar refractivity (Wildman–Crippen MR) is 97.4 cm³/mol. The number of carbonyl (C=O) groups excluding carboxylic acids is 1. The van der Waals surface area contributed by atoms with Gasteiger partial charge in [0.1, 0.15) is 11.3 Å². The lowest BCUT2D eigenvalue weighted by molar-refractivity contribution is -0.123. The van der Waals surface area contributed by atoms with E-state index >= 15 is 0 Å². The van der Waals surface area contributed by atoms with Crippen LogP contribution in [-0.4, -0.2) is 27.6 Å². The van der Waals surface area contributed by atoms with Crippen LogP contribution in [0.15, 0.2) is 68.6 Å². The van der Waals surface area contributed by atoms with Crippen molar-refractivity contribution in [3.05, 3.63) is 71.2 Å². The van der Waals surface area contributed by atoms with E-state index in [1.54, 1.807) is 48.8 Å². The smallest absolute Gasteiger partial charge is 0.336 e. The molecule has 28 heavy (non-hydrogen) atoms. The highest BCUT2D eigenvalue weighted by atomic mass is 16.5. The van der Waals surface area contributed by atoms with Gasteiger partial charge in [-0.15, -0.1) is 0 Å². The maximum atomic E-state index is 12.0. The van der Waals surface area contributed by atoms with Crippen LogP contribution in [0.1, 0.15) is 5.89 Å². The molecule has 0 saturated heterocycles. The minimum Gasteiger partial charge on any atom is -0.484 e. The number of amides is 1. The molecule has 0 unspecified atom stereocenters. The van der Waals surface area contributed by atoms with Crippen molar-refractivity contribution in [2.45, 2.75) is 6.54 Å². The fourth-order valence-electron chi connectivity index (χ4n) is 2.44. The summed E-state index contributed by atoms with van der Waals surface area (Å²) in [6.45, 7) is -0.145. The van der Waals surface area contributed by atoms with Crippen molar-refractivity contribution < 1.29 is 18.5 Å². The zero-order chi connectivity index (χ0) is 19.3. The molecule has 4 rings (SSSR count). The van der Waals surface area contributed by atoms with E-state index < -0.39 is 5.63 Å². The maximum absolute atomic E-state index is 12.0. The van der Waals surface area contributed by atoms with E-state index in [0.717, 1.165) is 10.9 Å². The molecule has 3 aromatic heterocycles. The van der Waals surface area contributed by atoms with Crippen LogP contribution >= 0.6 is 0 Å². The lowest BCUT2D eigenvalue weighted by atomic mass is 10.2. The van der Waals surface area contributed by atoms with Gasteiger partial charge in [0, 0.05) is 35.5 Å². The lowest BCUT2D eigenvalue weighted by Gasteiger charge is -2.06. The van der Waals surface area contributed by atoms with Crippen molar-refractivity contribution in [3.8, 4) is 17.1 Å². The highest BCUT2D eigenvalue weighted by Gasteiger charge is 2.10. The molecule has 0 atom stereocenters. The van der Waals surface area contributed by atoms with Crippen LogP contribution in [0.3, 0.4) is 0 Å². The molecule has 4 aromatic rings. The number of nitrogens with zero attached hydrogens (tertiary/aromatic N) is 3. The molecule has 0 aliphatic rings. The third-order valence-electron chi connectivity index (χ3n) is 3.79. The lowest BCUT2D eigenvalue weighted by Crippen LogP contribution is -2.28. The summed E-state index contributed by atoms with van der Waals surface area (Å²) in [7, 11) is 0. The van der Waals surface area contributed by atoms with Gasteiger partial charge in [-0.05, 0) is 30.3 Å². The zero-order valence-corrected chi connectivity index (χ0v) is 14.5. The highest BCUT2D eigenvalue weighted by Crippen LogP contribution is 2.19. The molecule has 1 aromatic carbocycles. The Labute approximate surface area is 158 Å². The van der Waals surface area contributed by atoms with Crippen LogP contribution in [0.25, 0.3) is 22.4 Å². The van der Waals surface area contributed by atoms with E-state index in [1.165, 1.54) is 6.07 Å². The molecule has 3 heterocycles. The van der Waals surface area contributed by atoms with E-state index in [4.69, 9.17) is 13.7 Å². The first-order chi connectivity index (χ1) is 13.7. The molecule has 1 N–H and O–H groups in total. The topological polar surface area (TPSA) is 120 Å². The first-order valence-corrected chi connectivity index (χ1v) is 8.34. The Morgan fingerprint density at radius 1 is 1.18 bits per heavy atom. The SMILES string of the molecule is O=C(COc1ccc2ccc(=O)oc2c1)NCc1nc(-c2cccnc2)no1. The monoisotopic (exact) mass is 378 g/mol. The molecule has 0 bridgehead atoms. The van der Waals surface area contributed by atoms with E-state index in [2.05, 4.69) is 20.4 Å². The summed E-state index contributed by atoms with van der Waals surface area (Å²) in [6, 6.07) is 11.6. The van der Waals surface area contributed by atoms with Gasteiger partial charge in [0.15, 0.2) is 6.61 Å². The summed E-state index contributed by atoms with van der Waals surface area (Å²) < 4.78 is 15.6. The number of nitrogens with one attached hydrogen (secondary N) is 1. The summed E-state index contributed by atoms with van der Waals surface area (Å²) in [4.78, 5) is 31.4. The fourth-order valence-corrected chi connectivity index (χ4v) is 2.44. The third-order valence-corrected chi connectivity index (χ3v) is 3.79. The number of rotatable bonds is 6. The second-order valence-electron chi connectivity index (χ2n) is 5.77. The standard InChI is InChI=1S/C19H14N4O5/c24-16(11-26-14-5-3-12-4-6-18(25)27-15(12)8-14)21-10-17-22-19(23-28-17)13-2-1-7-20-9-13/h1-9H,10-11H2,(H,21,24). The first-order valence-electron chi connectivity index (χ1n) is 8.34. The van der Waals surface area contributed by atoms with Gasteiger partial charge >= 0.3 is 5.63 Å². The number of pyridine rings is 1. The molecule has 0 spiro atoms. The Morgan fingerprint density at radius 3 is 2.93 bits per heavy atom. The number of fused-ring (bicyclic) bond motifs is 1. The Morgan fingerprint density at radius 2 is 2.07 bits per heavy atom. The van der Waals surface area contributed by atoms with Gasteiger partial charge in [-0.2, -0.15) is 4.98 Å². The second-order valence-corrected chi connectivity index (χ2v) is 5.77. The number of hydrogen-bond donors (Lipinski definition) is 1. The van der Waals surface area contributed by atoms with Gasteiger partial charge in [0.2, 0.25) is 11.7 Å². The Bertz CT molecular complexity index is 1170. The van der Waals surface area contributed by atoms with Gasteiger partial charge < -0.3 is 19.0 Å². The van der Waals surface area contributed by atoms with Crippen LogP contribution in [0.5, 0.6) is 5.75 Å². The number of aromatic nitrogens is 3. The fraction of sp³-hybridized carbons (Fsp3) is 0.105. The Kier molecular flexibility index (Phi) is 4.79. The van der Waals surface area contributed by atoms with Crippen LogP contribution < -0.4 is 15.7 Å². The molecule has 0 aliphatic heterocycles. The zero-order valence-electron chi connectivity index (χ0n) is 14.5. The molecule has 9 nitrogen and oxygen atoms in total. The minimum atomic E-state index is -0.451. The van der Waals surface area contributed by atoms with Gasteiger partial charge in [0.25, 0.3) is 5.91 Å². The molecular weight excluding hydrogens is 364 g/mol. The average Bonchev–Trinajstić information content (AvgIpc) is 3.20. The van der Waals surface area contributed by atoms with Crippen molar-refractivity contribution in [1.29, 1.82) is 0 Å². The van der Waals surface area contributed by atoms with Gasteiger partial charge in [0.05, 0.1) is 6.54 Å². The molecular formula is C19H14N4O5. The van der Waals surface area contributed by atoms with Crippen molar-refractivity contribution >= 4 is 16.9 Å². The van der Waals surface area contributed by atoms with E-state index in [9.17, 15) is 9.59 Å². The first kappa shape index (κ1) is 17.4. The minimum absolute atomic E-state index is 0.0715. The van der Waals surface area contributed by atoms with Crippen molar-refractivity contribution in [1.82, 2.24) is 20.4 Å². The van der Waals surface area contributed by atoms with Crippen molar-refractivity contribution in [3.63, 3.8) is 0 Å². The van der Waals surface area contributed by atoms with Crippen molar-refractivity contribution in [2.24, 2.45) is 0 Å². The highest BCUT2D eigenvalue weighted by molar-refractivity contribution is 5.79. The maximum Gasteiger partial charge on any atom is 0.336 e. The summed E-state index contributed by atoms with van der Waals surface area (Å²) in [5, 5.41) is 7.24. The van der Waals surface area contributed by atoms with E-state index in [-0.39, 0.29) is 24.9 Å². The predicted octanol–water partition coefficient (Wildman–Crippen LogP) is 1.93.